The minimum atomic E-state index is 0.446. The maximum absolute atomic E-state index is 4.25. The molecule has 0 spiro atoms. The zero-order valence-electron chi connectivity index (χ0n) is 10.2. The fourth-order valence-electron chi connectivity index (χ4n) is 2.33. The van der Waals surface area contributed by atoms with E-state index in [2.05, 4.69) is 50.5 Å². The molecule has 1 aromatic heterocycles. The highest BCUT2D eigenvalue weighted by Crippen LogP contribution is 2.21. The lowest BCUT2D eigenvalue weighted by molar-refractivity contribution is 0.799. The van der Waals surface area contributed by atoms with Crippen molar-refractivity contribution in [1.29, 1.82) is 0 Å². The average Bonchev–Trinajstić information content (AvgIpc) is 2.89. The number of para-hydroxylation sites is 1. The molecule has 4 nitrogen and oxygen atoms in total. The predicted octanol–water partition coefficient (Wildman–Crippen LogP) is 2.17. The van der Waals surface area contributed by atoms with Crippen LogP contribution in [-0.2, 0) is 0 Å². The fourth-order valence-corrected chi connectivity index (χ4v) is 2.33. The smallest absolute Gasteiger partial charge is 0.144 e. The van der Waals surface area contributed by atoms with Gasteiger partial charge in [0.1, 0.15) is 5.82 Å². The Balaban J connectivity index is 1.62. The van der Waals surface area contributed by atoms with Crippen molar-refractivity contribution >= 4 is 11.5 Å². The van der Waals surface area contributed by atoms with E-state index in [-0.39, 0.29) is 0 Å². The van der Waals surface area contributed by atoms with Crippen LogP contribution in [0.25, 0.3) is 0 Å². The molecule has 1 N–H and O–H groups in total. The number of benzene rings is 1. The second-order valence-corrected chi connectivity index (χ2v) is 4.50. The van der Waals surface area contributed by atoms with Crippen molar-refractivity contribution in [2.24, 2.45) is 0 Å². The summed E-state index contributed by atoms with van der Waals surface area (Å²) >= 11 is 0. The van der Waals surface area contributed by atoms with Gasteiger partial charge in [-0.25, -0.2) is 4.98 Å². The first-order valence-corrected chi connectivity index (χ1v) is 6.24. The Labute approximate surface area is 107 Å². The molecule has 3 rings (SSSR count). The van der Waals surface area contributed by atoms with Crippen LogP contribution in [0.1, 0.15) is 6.42 Å². The molecule has 2 aromatic rings. The van der Waals surface area contributed by atoms with E-state index in [0.29, 0.717) is 6.04 Å². The van der Waals surface area contributed by atoms with Crippen LogP contribution in [0, 0.1) is 0 Å². The Hall–Kier alpha value is -2.10. The molecule has 1 aliphatic heterocycles. The third kappa shape index (κ3) is 2.42. The molecule has 0 saturated carbocycles. The maximum Gasteiger partial charge on any atom is 0.144 e. The first kappa shape index (κ1) is 11.0. The van der Waals surface area contributed by atoms with Crippen LogP contribution < -0.4 is 10.2 Å². The zero-order valence-corrected chi connectivity index (χ0v) is 10.2. The lowest BCUT2D eigenvalue weighted by Gasteiger charge is -2.19. The van der Waals surface area contributed by atoms with Crippen molar-refractivity contribution in [3.63, 3.8) is 0 Å². The van der Waals surface area contributed by atoms with E-state index >= 15 is 0 Å². The Morgan fingerprint density at radius 2 is 2.06 bits per heavy atom. The molecule has 92 valence electrons. The highest BCUT2D eigenvalue weighted by atomic mass is 15.2. The lowest BCUT2D eigenvalue weighted by Crippen LogP contribution is -2.26. The van der Waals surface area contributed by atoms with Crippen LogP contribution in [0.3, 0.4) is 0 Å². The number of hydrogen-bond acceptors (Lipinski definition) is 4. The largest absolute Gasteiger partial charge is 0.369 e. The molecule has 2 heterocycles. The summed E-state index contributed by atoms with van der Waals surface area (Å²) in [5, 5.41) is 3.43. The van der Waals surface area contributed by atoms with E-state index < -0.39 is 0 Å². The molecule has 1 unspecified atom stereocenters. The number of nitrogens with zero attached hydrogens (tertiary/aromatic N) is 3. The molecule has 0 amide bonds. The highest BCUT2D eigenvalue weighted by molar-refractivity contribution is 5.48. The third-order valence-corrected chi connectivity index (χ3v) is 3.22. The van der Waals surface area contributed by atoms with Gasteiger partial charge in [0.05, 0.1) is 6.20 Å². The van der Waals surface area contributed by atoms with Crippen molar-refractivity contribution in [2.75, 3.05) is 23.3 Å². The Kier molecular flexibility index (Phi) is 3.08. The standard InChI is InChI=1S/C14H16N4/c1-2-4-13(5-3-1)18-9-6-12(11-18)17-14-10-15-7-8-16-14/h1-5,7-8,10,12H,6,9,11H2,(H,16,17). The SMILES string of the molecule is c1ccc(N2CCC(Nc3cnccn3)C2)cc1. The maximum atomic E-state index is 4.25. The van der Waals surface area contributed by atoms with Gasteiger partial charge in [0.25, 0.3) is 0 Å². The van der Waals surface area contributed by atoms with Gasteiger partial charge >= 0.3 is 0 Å². The summed E-state index contributed by atoms with van der Waals surface area (Å²) in [6.07, 6.45) is 6.30. The van der Waals surface area contributed by atoms with Crippen molar-refractivity contribution in [3.8, 4) is 0 Å². The molecule has 0 aliphatic carbocycles. The molecule has 4 heteroatoms. The second kappa shape index (κ2) is 5.04. The molecular weight excluding hydrogens is 224 g/mol. The van der Waals surface area contributed by atoms with Gasteiger partial charge in [0, 0.05) is 37.2 Å². The van der Waals surface area contributed by atoms with Gasteiger partial charge in [-0.1, -0.05) is 18.2 Å². The summed E-state index contributed by atoms with van der Waals surface area (Å²) in [6.45, 7) is 2.10. The lowest BCUT2D eigenvalue weighted by atomic mass is 10.2. The third-order valence-electron chi connectivity index (χ3n) is 3.22. The topological polar surface area (TPSA) is 41.0 Å². The van der Waals surface area contributed by atoms with Crippen LogP contribution in [-0.4, -0.2) is 29.1 Å². The molecule has 1 atom stereocenters. The summed E-state index contributed by atoms with van der Waals surface area (Å²) in [6, 6.07) is 11.0. The van der Waals surface area contributed by atoms with E-state index in [9.17, 15) is 0 Å². The van der Waals surface area contributed by atoms with Gasteiger partial charge in [-0.05, 0) is 18.6 Å². The number of hydrogen-bond donors (Lipinski definition) is 1. The number of nitrogens with one attached hydrogen (secondary N) is 1. The van der Waals surface area contributed by atoms with E-state index in [1.807, 2.05) is 0 Å². The molecule has 1 aromatic carbocycles. The monoisotopic (exact) mass is 240 g/mol. The first-order chi connectivity index (χ1) is 8.92. The van der Waals surface area contributed by atoms with Crippen molar-refractivity contribution in [3.05, 3.63) is 48.9 Å². The van der Waals surface area contributed by atoms with Gasteiger partial charge in [0.15, 0.2) is 0 Å². The van der Waals surface area contributed by atoms with Crippen molar-refractivity contribution in [1.82, 2.24) is 9.97 Å². The summed E-state index contributed by atoms with van der Waals surface area (Å²) in [7, 11) is 0. The van der Waals surface area contributed by atoms with Gasteiger partial charge in [-0.3, -0.25) is 4.98 Å². The molecule has 18 heavy (non-hydrogen) atoms. The minimum Gasteiger partial charge on any atom is -0.369 e. The number of anilines is 2. The average molecular weight is 240 g/mol. The molecule has 0 bridgehead atoms. The Morgan fingerprint density at radius 1 is 1.17 bits per heavy atom. The summed E-state index contributed by atoms with van der Waals surface area (Å²) in [5.74, 6) is 0.859. The van der Waals surface area contributed by atoms with E-state index in [1.54, 1.807) is 18.6 Å². The molecule has 1 saturated heterocycles. The Morgan fingerprint density at radius 3 is 2.83 bits per heavy atom. The highest BCUT2D eigenvalue weighted by Gasteiger charge is 2.22. The van der Waals surface area contributed by atoms with Crippen LogP contribution in [0.15, 0.2) is 48.9 Å². The summed E-state index contributed by atoms with van der Waals surface area (Å²) in [4.78, 5) is 10.7. The number of rotatable bonds is 3. The van der Waals surface area contributed by atoms with Crippen LogP contribution in [0.5, 0.6) is 0 Å². The van der Waals surface area contributed by atoms with Gasteiger partial charge in [0.2, 0.25) is 0 Å². The second-order valence-electron chi connectivity index (χ2n) is 4.50. The van der Waals surface area contributed by atoms with E-state index in [1.165, 1.54) is 5.69 Å². The molecular formula is C14H16N4. The van der Waals surface area contributed by atoms with Crippen LogP contribution in [0.2, 0.25) is 0 Å². The van der Waals surface area contributed by atoms with E-state index in [0.717, 1.165) is 25.3 Å². The normalized spacial score (nSPS) is 18.9. The van der Waals surface area contributed by atoms with E-state index in [4.69, 9.17) is 0 Å². The minimum absolute atomic E-state index is 0.446. The van der Waals surface area contributed by atoms with Crippen LogP contribution in [0.4, 0.5) is 11.5 Å². The number of aromatic nitrogens is 2. The molecule has 0 radical (unpaired) electrons. The quantitative estimate of drug-likeness (QED) is 0.892. The summed E-state index contributed by atoms with van der Waals surface area (Å²) < 4.78 is 0. The Bertz CT molecular complexity index is 486. The van der Waals surface area contributed by atoms with Gasteiger partial charge < -0.3 is 10.2 Å². The van der Waals surface area contributed by atoms with Gasteiger partial charge in [-0.15, -0.1) is 0 Å². The molecule has 1 fully saturated rings. The predicted molar refractivity (Wildman–Crippen MR) is 72.7 cm³/mol. The zero-order chi connectivity index (χ0) is 12.2. The first-order valence-electron chi connectivity index (χ1n) is 6.24. The fraction of sp³-hybridized carbons (Fsp3) is 0.286. The van der Waals surface area contributed by atoms with Crippen molar-refractivity contribution in [2.45, 2.75) is 12.5 Å². The van der Waals surface area contributed by atoms with Crippen molar-refractivity contribution < 1.29 is 0 Å². The molecule has 1 aliphatic rings. The van der Waals surface area contributed by atoms with Crippen LogP contribution >= 0.6 is 0 Å². The summed E-state index contributed by atoms with van der Waals surface area (Å²) in [5.41, 5.74) is 1.29. The van der Waals surface area contributed by atoms with Gasteiger partial charge in [-0.2, -0.15) is 0 Å².